The Morgan fingerprint density at radius 3 is 2.69 bits per heavy atom. The maximum atomic E-state index is 13.2. The van der Waals surface area contributed by atoms with Gasteiger partial charge in [0.05, 0.1) is 25.9 Å². The molecule has 0 radical (unpaired) electrons. The number of piperazine rings is 1. The molecule has 2 aromatic carbocycles. The van der Waals surface area contributed by atoms with Crippen molar-refractivity contribution in [2.45, 2.75) is 13.0 Å². The molecule has 0 aromatic heterocycles. The lowest BCUT2D eigenvalue weighted by Gasteiger charge is -2.30. The van der Waals surface area contributed by atoms with E-state index in [1.807, 2.05) is 55.5 Å². The van der Waals surface area contributed by atoms with Crippen molar-refractivity contribution >= 4 is 17.5 Å². The number of rotatable bonds is 5. The molecule has 1 heterocycles. The summed E-state index contributed by atoms with van der Waals surface area (Å²) in [5.74, 6) is 0.431. The number of hydrogen-bond acceptors (Lipinski definition) is 3. The van der Waals surface area contributed by atoms with Crippen LogP contribution >= 0.6 is 0 Å². The molecule has 1 fully saturated rings. The van der Waals surface area contributed by atoms with E-state index in [9.17, 15) is 9.59 Å². The minimum Gasteiger partial charge on any atom is -0.495 e. The van der Waals surface area contributed by atoms with Crippen molar-refractivity contribution in [1.29, 1.82) is 0 Å². The molecule has 2 aromatic rings. The minimum absolute atomic E-state index is 0.0342. The van der Waals surface area contributed by atoms with Crippen molar-refractivity contribution in [3.63, 3.8) is 0 Å². The average Bonchev–Trinajstić information content (AvgIpc) is 2.63. The van der Waals surface area contributed by atoms with Crippen LogP contribution in [0.5, 0.6) is 5.75 Å². The quantitative estimate of drug-likeness (QED) is 0.740. The van der Waals surface area contributed by atoms with Crippen LogP contribution in [0.3, 0.4) is 0 Å². The fraction of sp³-hybridized carbons (Fsp3) is 0.300. The number of quaternary nitrogens is 1. The zero-order valence-electron chi connectivity index (χ0n) is 15.0. The summed E-state index contributed by atoms with van der Waals surface area (Å²) in [5, 5.41) is 5.82. The van der Waals surface area contributed by atoms with E-state index >= 15 is 0 Å². The third kappa shape index (κ3) is 4.03. The Morgan fingerprint density at radius 1 is 1.23 bits per heavy atom. The van der Waals surface area contributed by atoms with E-state index in [2.05, 4.69) is 10.6 Å². The Hall–Kier alpha value is -2.86. The Labute approximate surface area is 153 Å². The third-order valence-electron chi connectivity index (χ3n) is 4.57. The summed E-state index contributed by atoms with van der Waals surface area (Å²) in [6, 6.07) is 14.8. The highest BCUT2D eigenvalue weighted by molar-refractivity contribution is 5.96. The van der Waals surface area contributed by atoms with Crippen molar-refractivity contribution in [1.82, 2.24) is 5.32 Å². The Balaban J connectivity index is 1.90. The molecule has 6 heteroatoms. The number of hydrogen-bond donors (Lipinski definition) is 3. The van der Waals surface area contributed by atoms with Crippen LogP contribution in [-0.2, 0) is 9.59 Å². The van der Waals surface area contributed by atoms with Crippen LogP contribution < -0.4 is 20.3 Å². The second-order valence-corrected chi connectivity index (χ2v) is 6.47. The summed E-state index contributed by atoms with van der Waals surface area (Å²) in [6.07, 6.45) is 0. The van der Waals surface area contributed by atoms with Crippen molar-refractivity contribution < 1.29 is 19.2 Å². The van der Waals surface area contributed by atoms with Gasteiger partial charge in [-0.1, -0.05) is 36.4 Å². The van der Waals surface area contributed by atoms with Gasteiger partial charge in [0, 0.05) is 5.56 Å². The molecule has 26 heavy (non-hydrogen) atoms. The number of nitrogens with one attached hydrogen (secondary N) is 3. The van der Waals surface area contributed by atoms with E-state index in [0.29, 0.717) is 24.5 Å². The highest BCUT2D eigenvalue weighted by Crippen LogP contribution is 2.26. The zero-order chi connectivity index (χ0) is 18.5. The van der Waals surface area contributed by atoms with E-state index in [1.54, 1.807) is 7.11 Å². The molecule has 0 spiro atoms. The maximum Gasteiger partial charge on any atom is 0.287 e. The van der Waals surface area contributed by atoms with E-state index in [4.69, 9.17) is 4.74 Å². The van der Waals surface area contributed by atoms with Gasteiger partial charge in [0.2, 0.25) is 0 Å². The number of ether oxygens (including phenoxy) is 1. The van der Waals surface area contributed by atoms with E-state index < -0.39 is 6.04 Å². The summed E-state index contributed by atoms with van der Waals surface area (Å²) in [7, 11) is 1.58. The van der Waals surface area contributed by atoms with Gasteiger partial charge in [0.1, 0.15) is 5.75 Å². The number of benzene rings is 2. The van der Waals surface area contributed by atoms with Crippen LogP contribution in [0.2, 0.25) is 0 Å². The molecule has 0 saturated carbocycles. The van der Waals surface area contributed by atoms with E-state index in [1.165, 1.54) is 0 Å². The molecule has 1 unspecified atom stereocenters. The third-order valence-corrected chi connectivity index (χ3v) is 4.57. The molecule has 136 valence electrons. The summed E-state index contributed by atoms with van der Waals surface area (Å²) in [6.45, 7) is 3.50. The van der Waals surface area contributed by atoms with Crippen molar-refractivity contribution in [2.24, 2.45) is 0 Å². The fourth-order valence-corrected chi connectivity index (χ4v) is 3.31. The summed E-state index contributed by atoms with van der Waals surface area (Å²) >= 11 is 0. The average molecular weight is 354 g/mol. The summed E-state index contributed by atoms with van der Waals surface area (Å²) in [4.78, 5) is 26.0. The van der Waals surface area contributed by atoms with Crippen LogP contribution in [0.4, 0.5) is 5.69 Å². The first-order chi connectivity index (χ1) is 12.6. The molecule has 3 N–H and O–H groups in total. The molecule has 1 saturated heterocycles. The highest BCUT2D eigenvalue weighted by atomic mass is 16.5. The van der Waals surface area contributed by atoms with E-state index in [0.717, 1.165) is 16.0 Å². The number of carbonyl (C=O) groups is 2. The first-order valence-corrected chi connectivity index (χ1v) is 8.70. The zero-order valence-corrected chi connectivity index (χ0v) is 15.0. The second kappa shape index (κ2) is 8.01. The number of carbonyl (C=O) groups excluding carboxylic acids is 2. The Kier molecular flexibility index (Phi) is 5.53. The number of methoxy groups -OCH3 is 1. The lowest BCUT2D eigenvalue weighted by molar-refractivity contribution is -0.915. The number of anilines is 1. The lowest BCUT2D eigenvalue weighted by Crippen LogP contribution is -3.16. The van der Waals surface area contributed by atoms with Gasteiger partial charge in [-0.25, -0.2) is 0 Å². The Morgan fingerprint density at radius 2 is 2.00 bits per heavy atom. The summed E-state index contributed by atoms with van der Waals surface area (Å²) in [5.41, 5.74) is 2.56. The molecule has 1 aliphatic rings. The molecule has 6 nitrogen and oxygen atoms in total. The van der Waals surface area contributed by atoms with Gasteiger partial charge in [-0.15, -0.1) is 0 Å². The standard InChI is InChI=1S/C20H23N3O3/c1-14-8-9-17(26-2)16(12-14)22-20(25)19(15-6-4-3-5-7-15)23-11-10-21-18(24)13-23/h3-9,12,19H,10-11,13H2,1-2H3,(H,21,24)(H,22,25)/p+1/t19-/m0/s1. The normalized spacial score (nSPS) is 17.9. The first kappa shape index (κ1) is 17.9. The number of amides is 2. The molecular formula is C20H24N3O3+. The van der Waals surface area contributed by atoms with Crippen LogP contribution in [0.25, 0.3) is 0 Å². The van der Waals surface area contributed by atoms with Gasteiger partial charge >= 0.3 is 0 Å². The van der Waals surface area contributed by atoms with Crippen LogP contribution in [0.15, 0.2) is 48.5 Å². The molecule has 0 bridgehead atoms. The molecule has 0 aliphatic carbocycles. The monoisotopic (exact) mass is 354 g/mol. The van der Waals surface area contributed by atoms with Gasteiger partial charge in [-0.2, -0.15) is 0 Å². The van der Waals surface area contributed by atoms with Gasteiger partial charge in [0.15, 0.2) is 12.6 Å². The topological polar surface area (TPSA) is 71.9 Å². The van der Waals surface area contributed by atoms with Crippen LogP contribution in [0, 0.1) is 6.92 Å². The summed E-state index contributed by atoms with van der Waals surface area (Å²) < 4.78 is 5.36. The van der Waals surface area contributed by atoms with Crippen molar-refractivity contribution in [3.05, 3.63) is 59.7 Å². The van der Waals surface area contributed by atoms with Gasteiger partial charge in [-0.05, 0) is 24.6 Å². The largest absolute Gasteiger partial charge is 0.495 e. The van der Waals surface area contributed by atoms with Crippen molar-refractivity contribution in [3.8, 4) is 5.75 Å². The van der Waals surface area contributed by atoms with Gasteiger partial charge in [-0.3, -0.25) is 9.59 Å². The second-order valence-electron chi connectivity index (χ2n) is 6.47. The van der Waals surface area contributed by atoms with Crippen molar-refractivity contribution in [2.75, 3.05) is 32.1 Å². The predicted octanol–water partition coefficient (Wildman–Crippen LogP) is 0.698. The Bertz CT molecular complexity index is 792. The van der Waals surface area contributed by atoms with Crippen LogP contribution in [0.1, 0.15) is 17.2 Å². The molecule has 1 aliphatic heterocycles. The molecule has 2 atom stereocenters. The van der Waals surface area contributed by atoms with Crippen LogP contribution in [-0.4, -0.2) is 38.6 Å². The fourth-order valence-electron chi connectivity index (χ4n) is 3.31. The maximum absolute atomic E-state index is 13.2. The molecule has 2 amide bonds. The predicted molar refractivity (Wildman–Crippen MR) is 99.3 cm³/mol. The smallest absolute Gasteiger partial charge is 0.287 e. The van der Waals surface area contributed by atoms with Gasteiger partial charge in [0.25, 0.3) is 11.8 Å². The molecular weight excluding hydrogens is 330 g/mol. The highest BCUT2D eigenvalue weighted by Gasteiger charge is 2.35. The minimum atomic E-state index is -0.465. The van der Waals surface area contributed by atoms with E-state index in [-0.39, 0.29) is 18.4 Å². The molecule has 3 rings (SSSR count). The SMILES string of the molecule is COc1ccc(C)cc1NC(=O)[C@H](c1ccccc1)[NH+]1CCNC(=O)C1. The first-order valence-electron chi connectivity index (χ1n) is 8.70. The number of aryl methyl sites for hydroxylation is 1. The van der Waals surface area contributed by atoms with Gasteiger partial charge < -0.3 is 20.3 Å². The lowest BCUT2D eigenvalue weighted by atomic mass is 10.0.